The molecular formula is C13H15Cl2N5O. The molecule has 6 nitrogen and oxygen atoms in total. The number of rotatable bonds is 3. The predicted octanol–water partition coefficient (Wildman–Crippen LogP) is 3.09. The molecule has 1 N–H and O–H groups in total. The molecule has 0 unspecified atom stereocenters. The van der Waals surface area contributed by atoms with Crippen LogP contribution in [0.4, 0.5) is 10.5 Å². The molecule has 1 aromatic heterocycles. The number of benzene rings is 1. The summed E-state index contributed by atoms with van der Waals surface area (Å²) in [5.41, 5.74) is 1.33. The number of nitrogens with one attached hydrogen (secondary N) is 1. The Hall–Kier alpha value is -1.79. The molecule has 0 saturated heterocycles. The number of carbonyl (C=O) groups is 1. The fourth-order valence-corrected chi connectivity index (χ4v) is 2.17. The van der Waals surface area contributed by atoms with Crippen LogP contribution >= 0.6 is 23.2 Å². The van der Waals surface area contributed by atoms with Crippen molar-refractivity contribution in [1.82, 2.24) is 19.7 Å². The lowest BCUT2D eigenvalue weighted by atomic mass is 10.2. The maximum Gasteiger partial charge on any atom is 0.321 e. The number of carbonyl (C=O) groups excluding carboxylic acids is 1. The van der Waals surface area contributed by atoms with Crippen molar-refractivity contribution >= 4 is 34.9 Å². The van der Waals surface area contributed by atoms with Crippen LogP contribution in [-0.4, -0.2) is 32.7 Å². The van der Waals surface area contributed by atoms with E-state index in [4.69, 9.17) is 23.2 Å². The molecule has 0 spiro atoms. The van der Waals surface area contributed by atoms with Gasteiger partial charge in [-0.25, -0.2) is 9.78 Å². The normalized spacial score (nSPS) is 10.5. The first-order valence-electron chi connectivity index (χ1n) is 6.19. The third-order valence-electron chi connectivity index (χ3n) is 3.06. The van der Waals surface area contributed by atoms with E-state index >= 15 is 0 Å². The molecule has 0 radical (unpaired) electrons. The fourth-order valence-electron chi connectivity index (χ4n) is 1.68. The zero-order valence-electron chi connectivity index (χ0n) is 11.9. The minimum atomic E-state index is -0.283. The summed E-state index contributed by atoms with van der Waals surface area (Å²) in [5.74, 6) is 0.688. The van der Waals surface area contributed by atoms with Crippen LogP contribution in [0.25, 0.3) is 0 Å². The maximum absolute atomic E-state index is 12.1. The van der Waals surface area contributed by atoms with Crippen molar-refractivity contribution in [2.24, 2.45) is 7.05 Å². The van der Waals surface area contributed by atoms with Gasteiger partial charge in [0.05, 0.1) is 6.54 Å². The Kier molecular flexibility index (Phi) is 4.69. The van der Waals surface area contributed by atoms with Gasteiger partial charge in [0, 0.05) is 29.8 Å². The molecular weight excluding hydrogens is 313 g/mol. The smallest absolute Gasteiger partial charge is 0.320 e. The van der Waals surface area contributed by atoms with Crippen LogP contribution in [0.3, 0.4) is 0 Å². The third-order valence-corrected chi connectivity index (χ3v) is 3.85. The standard InChI is InChI=1S/C13H15Cl2N5O/c1-8-10(14)4-9(5-11(8)15)18-13(21)19(2)6-12-16-7-17-20(12)3/h4-5,7H,6H2,1-3H3,(H,18,21). The Morgan fingerprint density at radius 1 is 1.38 bits per heavy atom. The highest BCUT2D eigenvalue weighted by molar-refractivity contribution is 6.36. The van der Waals surface area contributed by atoms with Crippen LogP contribution in [0.2, 0.25) is 10.0 Å². The van der Waals surface area contributed by atoms with Gasteiger partial charge in [0.1, 0.15) is 12.2 Å². The zero-order chi connectivity index (χ0) is 15.6. The molecule has 0 atom stereocenters. The van der Waals surface area contributed by atoms with Gasteiger partial charge in [-0.1, -0.05) is 23.2 Å². The number of hydrogen-bond donors (Lipinski definition) is 1. The summed E-state index contributed by atoms with van der Waals surface area (Å²) in [6, 6.07) is 3.04. The van der Waals surface area contributed by atoms with Crippen molar-refractivity contribution in [1.29, 1.82) is 0 Å². The highest BCUT2D eigenvalue weighted by Gasteiger charge is 2.13. The van der Waals surface area contributed by atoms with Crippen molar-refractivity contribution < 1.29 is 4.79 Å². The Morgan fingerprint density at radius 3 is 2.52 bits per heavy atom. The van der Waals surface area contributed by atoms with Crippen LogP contribution in [0, 0.1) is 6.92 Å². The average molecular weight is 328 g/mol. The zero-order valence-corrected chi connectivity index (χ0v) is 13.4. The SMILES string of the molecule is Cc1c(Cl)cc(NC(=O)N(C)Cc2ncnn2C)cc1Cl. The van der Waals surface area contributed by atoms with Gasteiger partial charge in [-0.3, -0.25) is 4.68 Å². The van der Waals surface area contributed by atoms with Gasteiger partial charge in [0.2, 0.25) is 0 Å². The van der Waals surface area contributed by atoms with E-state index in [1.54, 1.807) is 30.9 Å². The number of amides is 2. The summed E-state index contributed by atoms with van der Waals surface area (Å²) in [4.78, 5) is 17.7. The summed E-state index contributed by atoms with van der Waals surface area (Å²) in [6.07, 6.45) is 1.45. The highest BCUT2D eigenvalue weighted by Crippen LogP contribution is 2.28. The molecule has 1 heterocycles. The molecule has 112 valence electrons. The van der Waals surface area contributed by atoms with Gasteiger partial charge in [-0.2, -0.15) is 5.10 Å². The van der Waals surface area contributed by atoms with Crippen LogP contribution < -0.4 is 5.32 Å². The molecule has 0 aliphatic rings. The number of hydrogen-bond acceptors (Lipinski definition) is 3. The number of halogens is 2. The van der Waals surface area contributed by atoms with E-state index in [0.29, 0.717) is 28.1 Å². The first-order valence-corrected chi connectivity index (χ1v) is 6.94. The maximum atomic E-state index is 12.1. The summed E-state index contributed by atoms with van der Waals surface area (Å²) in [7, 11) is 3.44. The van der Waals surface area contributed by atoms with Crippen molar-refractivity contribution in [3.8, 4) is 0 Å². The van der Waals surface area contributed by atoms with E-state index in [2.05, 4.69) is 15.4 Å². The quantitative estimate of drug-likeness (QED) is 0.942. The van der Waals surface area contributed by atoms with Gasteiger partial charge in [-0.15, -0.1) is 0 Å². The highest BCUT2D eigenvalue weighted by atomic mass is 35.5. The van der Waals surface area contributed by atoms with Gasteiger partial charge < -0.3 is 10.2 Å². The van der Waals surface area contributed by atoms with Gasteiger partial charge in [0.15, 0.2) is 0 Å². The van der Waals surface area contributed by atoms with E-state index in [0.717, 1.165) is 5.56 Å². The number of aromatic nitrogens is 3. The second-order valence-corrected chi connectivity index (χ2v) is 5.47. The Bertz CT molecular complexity index is 647. The van der Waals surface area contributed by atoms with Crippen LogP contribution in [0.15, 0.2) is 18.5 Å². The lowest BCUT2D eigenvalue weighted by Crippen LogP contribution is -2.31. The van der Waals surface area contributed by atoms with E-state index in [-0.39, 0.29) is 6.03 Å². The van der Waals surface area contributed by atoms with E-state index in [1.807, 2.05) is 6.92 Å². The second-order valence-electron chi connectivity index (χ2n) is 4.65. The molecule has 2 rings (SSSR count). The average Bonchev–Trinajstić information content (AvgIpc) is 2.81. The molecule has 0 aliphatic carbocycles. The predicted molar refractivity (Wildman–Crippen MR) is 82.7 cm³/mol. The van der Waals surface area contributed by atoms with E-state index < -0.39 is 0 Å². The summed E-state index contributed by atoms with van der Waals surface area (Å²) in [5, 5.41) is 7.72. The molecule has 0 bridgehead atoms. The molecule has 0 aliphatic heterocycles. The van der Waals surface area contributed by atoms with Crippen molar-refractivity contribution in [3.63, 3.8) is 0 Å². The summed E-state index contributed by atoms with van der Waals surface area (Å²) in [6.45, 7) is 2.16. The molecule has 0 saturated carbocycles. The van der Waals surface area contributed by atoms with Crippen LogP contribution in [-0.2, 0) is 13.6 Å². The topological polar surface area (TPSA) is 63.1 Å². The molecule has 1 aromatic carbocycles. The van der Waals surface area contributed by atoms with E-state index in [9.17, 15) is 4.79 Å². The second kappa shape index (κ2) is 6.32. The molecule has 21 heavy (non-hydrogen) atoms. The number of nitrogens with zero attached hydrogens (tertiary/aromatic N) is 4. The lowest BCUT2D eigenvalue weighted by Gasteiger charge is -2.18. The largest absolute Gasteiger partial charge is 0.321 e. The minimum Gasteiger partial charge on any atom is -0.320 e. The van der Waals surface area contributed by atoms with Gasteiger partial charge in [0.25, 0.3) is 0 Å². The Morgan fingerprint density at radius 2 is 2.00 bits per heavy atom. The van der Waals surface area contributed by atoms with Crippen molar-refractivity contribution in [2.75, 3.05) is 12.4 Å². The summed E-state index contributed by atoms with van der Waals surface area (Å²) >= 11 is 12.1. The first-order chi connectivity index (χ1) is 9.88. The fraction of sp³-hybridized carbons (Fsp3) is 0.308. The van der Waals surface area contributed by atoms with Crippen LogP contribution in [0.5, 0.6) is 0 Å². The Labute approximate surface area is 132 Å². The van der Waals surface area contributed by atoms with Gasteiger partial charge in [-0.05, 0) is 24.6 Å². The number of aryl methyl sites for hydroxylation is 1. The summed E-state index contributed by atoms with van der Waals surface area (Å²) < 4.78 is 1.61. The van der Waals surface area contributed by atoms with Crippen LogP contribution in [0.1, 0.15) is 11.4 Å². The number of urea groups is 1. The monoisotopic (exact) mass is 327 g/mol. The van der Waals surface area contributed by atoms with Gasteiger partial charge >= 0.3 is 6.03 Å². The lowest BCUT2D eigenvalue weighted by molar-refractivity contribution is 0.219. The number of anilines is 1. The first kappa shape index (κ1) is 15.6. The van der Waals surface area contributed by atoms with Crippen molar-refractivity contribution in [2.45, 2.75) is 13.5 Å². The molecule has 8 heteroatoms. The Balaban J connectivity index is 2.06. The van der Waals surface area contributed by atoms with Crippen molar-refractivity contribution in [3.05, 3.63) is 39.9 Å². The molecule has 0 fully saturated rings. The minimum absolute atomic E-state index is 0.283. The molecule has 2 aromatic rings. The third kappa shape index (κ3) is 3.65. The van der Waals surface area contributed by atoms with E-state index in [1.165, 1.54) is 11.2 Å². The molecule has 2 amide bonds.